The number of nitrogens with zero attached hydrogens (tertiary/aromatic N) is 3. The number of nitrogen functional groups attached to an aromatic ring is 2. The van der Waals surface area contributed by atoms with Crippen LogP contribution in [0.1, 0.15) is 19.8 Å². The molecule has 29 heavy (non-hydrogen) atoms. The van der Waals surface area contributed by atoms with Gasteiger partial charge in [-0.25, -0.2) is 9.97 Å². The van der Waals surface area contributed by atoms with Gasteiger partial charge in [-0.2, -0.15) is 0 Å². The smallest absolute Gasteiger partial charge is 0.127 e. The maximum absolute atomic E-state index is 12.8. The fraction of sp³-hybridized carbons (Fsp3) is 0.190. The summed E-state index contributed by atoms with van der Waals surface area (Å²) in [6, 6.07) is 9.49. The average molecular weight is 424 g/mol. The van der Waals surface area contributed by atoms with Crippen molar-refractivity contribution in [1.29, 1.82) is 0 Å². The second-order valence-corrected chi connectivity index (χ2v) is 9.42. The van der Waals surface area contributed by atoms with Crippen LogP contribution < -0.4 is 11.5 Å². The van der Waals surface area contributed by atoms with E-state index < -0.39 is 10.8 Å². The van der Waals surface area contributed by atoms with Crippen LogP contribution in [0.4, 0.5) is 11.5 Å². The van der Waals surface area contributed by atoms with Crippen LogP contribution in [0.3, 0.4) is 0 Å². The quantitative estimate of drug-likeness (QED) is 0.473. The number of hydrogen-bond acceptors (Lipinski definition) is 7. The second kappa shape index (κ2) is 8.26. The predicted molar refractivity (Wildman–Crippen MR) is 121 cm³/mol. The molecule has 4 N–H and O–H groups in total. The molecule has 0 fully saturated rings. The fourth-order valence-electron chi connectivity index (χ4n) is 3.09. The first-order valence-corrected chi connectivity index (χ1v) is 11.5. The molecular formula is C21H21N5OS2. The second-order valence-electron chi connectivity index (χ2n) is 6.66. The van der Waals surface area contributed by atoms with E-state index in [1.54, 1.807) is 24.7 Å². The topological polar surface area (TPSA) is 108 Å². The van der Waals surface area contributed by atoms with Crippen LogP contribution in [0.2, 0.25) is 0 Å². The Bertz CT molecular complexity index is 1170. The third-order valence-electron chi connectivity index (χ3n) is 4.61. The maximum Gasteiger partial charge on any atom is 0.127 e. The summed E-state index contributed by atoms with van der Waals surface area (Å²) >= 11 is 1.40. The van der Waals surface area contributed by atoms with Gasteiger partial charge in [0.2, 0.25) is 0 Å². The predicted octanol–water partition coefficient (Wildman–Crippen LogP) is 4.49. The van der Waals surface area contributed by atoms with Crippen molar-refractivity contribution in [1.82, 2.24) is 15.0 Å². The van der Waals surface area contributed by atoms with Gasteiger partial charge in [0.05, 0.1) is 22.2 Å². The molecule has 1 atom stereocenters. The molecule has 0 radical (unpaired) electrons. The minimum absolute atomic E-state index is 0.455. The highest BCUT2D eigenvalue weighted by molar-refractivity contribution is 7.87. The van der Waals surface area contributed by atoms with Crippen LogP contribution >= 0.6 is 11.3 Å². The summed E-state index contributed by atoms with van der Waals surface area (Å²) in [6.07, 6.45) is 7.11. The minimum Gasteiger partial charge on any atom is -0.396 e. The Morgan fingerprint density at radius 3 is 2.69 bits per heavy atom. The van der Waals surface area contributed by atoms with Crippen LogP contribution in [-0.4, -0.2) is 24.9 Å². The molecule has 6 nitrogen and oxygen atoms in total. The lowest BCUT2D eigenvalue weighted by molar-refractivity contribution is 0.681. The summed E-state index contributed by atoms with van der Waals surface area (Å²) in [7, 11) is -1.14. The molecule has 4 rings (SSSR count). The van der Waals surface area contributed by atoms with Gasteiger partial charge in [-0.05, 0) is 36.2 Å². The van der Waals surface area contributed by atoms with Crippen molar-refractivity contribution >= 4 is 43.9 Å². The van der Waals surface area contributed by atoms with E-state index in [0.717, 1.165) is 45.4 Å². The Balaban J connectivity index is 1.94. The Hall–Kier alpha value is -2.84. The molecule has 0 amide bonds. The summed E-state index contributed by atoms with van der Waals surface area (Å²) in [5.41, 5.74) is 16.2. The molecule has 0 saturated heterocycles. The van der Waals surface area contributed by atoms with Crippen molar-refractivity contribution in [3.05, 3.63) is 48.9 Å². The average Bonchev–Trinajstić information content (AvgIpc) is 3.09. The molecule has 0 aliphatic heterocycles. The highest BCUT2D eigenvalue weighted by Crippen LogP contribution is 2.42. The fourth-order valence-corrected chi connectivity index (χ4v) is 5.89. The summed E-state index contributed by atoms with van der Waals surface area (Å²) in [4.78, 5) is 14.0. The minimum atomic E-state index is -1.14. The van der Waals surface area contributed by atoms with Crippen LogP contribution in [0.15, 0.2) is 53.1 Å². The van der Waals surface area contributed by atoms with E-state index in [1.165, 1.54) is 11.3 Å². The van der Waals surface area contributed by atoms with Gasteiger partial charge in [-0.1, -0.05) is 19.4 Å². The SMILES string of the molecule is CCCCS(=O)c1sc2nc(-c3ccc(N)nc3)cc(-c3cccnc3)c2c1N. The van der Waals surface area contributed by atoms with E-state index in [4.69, 9.17) is 16.5 Å². The lowest BCUT2D eigenvalue weighted by Crippen LogP contribution is -1.99. The molecule has 0 aromatic carbocycles. The molecule has 4 aromatic heterocycles. The largest absolute Gasteiger partial charge is 0.396 e. The van der Waals surface area contributed by atoms with Crippen molar-refractivity contribution in [2.45, 2.75) is 24.0 Å². The molecule has 0 saturated carbocycles. The molecular weight excluding hydrogens is 402 g/mol. The number of thiophene rings is 1. The van der Waals surface area contributed by atoms with Gasteiger partial charge in [0.1, 0.15) is 14.9 Å². The standard InChI is InChI=1S/C21H21N5OS2/c1-2-3-9-29(27)21-19(23)18-15(13-5-4-8-24-11-13)10-16(26-20(18)28-21)14-6-7-17(22)25-12-14/h4-8,10-12H,2-3,9,23H2,1H3,(H2,22,25). The molecule has 148 valence electrons. The van der Waals surface area contributed by atoms with Gasteiger partial charge < -0.3 is 11.5 Å². The molecule has 0 aliphatic rings. The summed E-state index contributed by atoms with van der Waals surface area (Å²) in [6.45, 7) is 2.08. The monoisotopic (exact) mass is 423 g/mol. The van der Waals surface area contributed by atoms with Gasteiger partial charge in [0.25, 0.3) is 0 Å². The van der Waals surface area contributed by atoms with E-state index >= 15 is 0 Å². The third-order valence-corrected chi connectivity index (χ3v) is 7.60. The summed E-state index contributed by atoms with van der Waals surface area (Å²) in [5, 5.41) is 0.829. The normalized spacial score (nSPS) is 12.3. The highest BCUT2D eigenvalue weighted by atomic mass is 32.2. The van der Waals surface area contributed by atoms with E-state index in [-0.39, 0.29) is 0 Å². The lowest BCUT2D eigenvalue weighted by atomic mass is 10.0. The maximum atomic E-state index is 12.8. The number of fused-ring (bicyclic) bond motifs is 1. The first-order valence-electron chi connectivity index (χ1n) is 9.32. The lowest BCUT2D eigenvalue weighted by Gasteiger charge is -2.08. The molecule has 4 aromatic rings. The summed E-state index contributed by atoms with van der Waals surface area (Å²) < 4.78 is 13.5. The molecule has 8 heteroatoms. The molecule has 0 spiro atoms. The van der Waals surface area contributed by atoms with Crippen LogP contribution in [0.5, 0.6) is 0 Å². The Labute approximate surface area is 175 Å². The molecule has 0 aliphatic carbocycles. The van der Waals surface area contributed by atoms with E-state index in [2.05, 4.69) is 16.9 Å². The van der Waals surface area contributed by atoms with E-state index in [0.29, 0.717) is 21.5 Å². The third kappa shape index (κ3) is 3.86. The zero-order valence-corrected chi connectivity index (χ0v) is 17.6. The van der Waals surface area contributed by atoms with Crippen molar-refractivity contribution in [3.8, 4) is 22.4 Å². The van der Waals surface area contributed by atoms with Gasteiger partial charge in [-0.15, -0.1) is 11.3 Å². The Kier molecular flexibility index (Phi) is 5.55. The van der Waals surface area contributed by atoms with Gasteiger partial charge >= 0.3 is 0 Å². The van der Waals surface area contributed by atoms with Crippen LogP contribution in [0.25, 0.3) is 32.6 Å². The number of nitrogens with two attached hydrogens (primary N) is 2. The first kappa shape index (κ1) is 19.5. The van der Waals surface area contributed by atoms with Gasteiger partial charge in [-0.3, -0.25) is 9.19 Å². The van der Waals surface area contributed by atoms with Crippen molar-refractivity contribution < 1.29 is 4.21 Å². The van der Waals surface area contributed by atoms with E-state index in [9.17, 15) is 4.21 Å². The van der Waals surface area contributed by atoms with Gasteiger partial charge in [0.15, 0.2) is 0 Å². The number of anilines is 2. The summed E-state index contributed by atoms with van der Waals surface area (Å²) in [5.74, 6) is 1.06. The Morgan fingerprint density at radius 1 is 1.14 bits per heavy atom. The molecule has 1 unspecified atom stereocenters. The van der Waals surface area contributed by atoms with Gasteiger partial charge in [0, 0.05) is 40.9 Å². The van der Waals surface area contributed by atoms with E-state index in [1.807, 2.05) is 24.3 Å². The van der Waals surface area contributed by atoms with Crippen LogP contribution in [0, 0.1) is 0 Å². The molecule has 4 heterocycles. The van der Waals surface area contributed by atoms with Crippen molar-refractivity contribution in [2.75, 3.05) is 17.2 Å². The number of aromatic nitrogens is 3. The number of pyridine rings is 3. The number of unbranched alkanes of at least 4 members (excludes halogenated alkanes) is 1. The highest BCUT2D eigenvalue weighted by Gasteiger charge is 2.21. The zero-order chi connectivity index (χ0) is 20.4. The molecule has 0 bridgehead atoms. The van der Waals surface area contributed by atoms with Crippen molar-refractivity contribution in [3.63, 3.8) is 0 Å². The van der Waals surface area contributed by atoms with Crippen molar-refractivity contribution in [2.24, 2.45) is 0 Å². The first-order chi connectivity index (χ1) is 14.1. The van der Waals surface area contributed by atoms with Crippen LogP contribution in [-0.2, 0) is 10.8 Å². The Morgan fingerprint density at radius 2 is 2.00 bits per heavy atom. The number of rotatable bonds is 6. The number of hydrogen-bond donors (Lipinski definition) is 2. The zero-order valence-electron chi connectivity index (χ0n) is 16.0.